The Morgan fingerprint density at radius 3 is 1.76 bits per heavy atom. The van der Waals surface area contributed by atoms with Crippen molar-refractivity contribution in [2.45, 2.75) is 0 Å². The Balaban J connectivity index is 1.38. The first-order chi connectivity index (χ1) is 22.2. The summed E-state index contributed by atoms with van der Waals surface area (Å²) in [5, 5.41) is 35.6. The summed E-state index contributed by atoms with van der Waals surface area (Å²) < 4.78 is 6.70. The number of fused-ring (bicyclic) bond motifs is 10. The second-order valence-electron chi connectivity index (χ2n) is 11.1. The van der Waals surface area contributed by atoms with Crippen molar-refractivity contribution in [3.63, 3.8) is 0 Å². The fourth-order valence-electron chi connectivity index (χ4n) is 6.87. The van der Waals surface area contributed by atoms with Crippen LogP contribution in [0.2, 0.25) is 0 Å². The van der Waals surface area contributed by atoms with Crippen molar-refractivity contribution in [1.82, 2.24) is 9.13 Å². The highest BCUT2D eigenvalue weighted by atomic mass is 32.1. The van der Waals surface area contributed by atoms with E-state index in [4.69, 9.17) is 0 Å². The maximum absolute atomic E-state index is 9.87. The van der Waals surface area contributed by atoms with Crippen LogP contribution in [0, 0.1) is 34.0 Å². The molecule has 6 heteroatoms. The van der Waals surface area contributed by atoms with E-state index in [1.807, 2.05) is 48.5 Å². The zero-order valence-electron chi connectivity index (χ0n) is 23.6. The Kier molecular flexibility index (Phi) is 5.20. The van der Waals surface area contributed by atoms with Crippen LogP contribution >= 0.6 is 11.3 Å². The number of thiophene rings is 1. The lowest BCUT2D eigenvalue weighted by molar-refractivity contribution is 1.14. The van der Waals surface area contributed by atoms with Gasteiger partial charge in [-0.25, -0.2) is 0 Å². The lowest BCUT2D eigenvalue weighted by Crippen LogP contribution is -1.98. The molecule has 206 valence electrons. The van der Waals surface area contributed by atoms with Crippen molar-refractivity contribution in [3.8, 4) is 29.6 Å². The van der Waals surface area contributed by atoms with Crippen molar-refractivity contribution in [2.24, 2.45) is 0 Å². The van der Waals surface area contributed by atoms with Gasteiger partial charge < -0.3 is 9.13 Å². The SMILES string of the molecule is N#Cc1ccc2c(c1)c1cc(C#N)ccc1n2-c1cccc(-n2c3ccccc3c3ccc4c5cccc(C#N)c5sc4c32)c1. The fourth-order valence-corrected chi connectivity index (χ4v) is 8.17. The first-order valence-electron chi connectivity index (χ1n) is 14.5. The predicted molar refractivity (Wildman–Crippen MR) is 182 cm³/mol. The summed E-state index contributed by atoms with van der Waals surface area (Å²) in [4.78, 5) is 0. The second kappa shape index (κ2) is 9.30. The Hall–Kier alpha value is -6.39. The molecule has 3 aromatic heterocycles. The predicted octanol–water partition coefficient (Wildman–Crippen LogP) is 9.86. The number of aromatic nitrogens is 2. The normalized spacial score (nSPS) is 11.5. The van der Waals surface area contributed by atoms with Crippen molar-refractivity contribution in [3.05, 3.63) is 132 Å². The second-order valence-corrected chi connectivity index (χ2v) is 12.2. The largest absolute Gasteiger partial charge is 0.309 e. The molecule has 0 aliphatic carbocycles. The van der Waals surface area contributed by atoms with Crippen LogP contribution in [-0.2, 0) is 0 Å². The van der Waals surface area contributed by atoms with Gasteiger partial charge in [-0.3, -0.25) is 0 Å². The lowest BCUT2D eigenvalue weighted by Gasteiger charge is -2.13. The van der Waals surface area contributed by atoms with E-state index in [-0.39, 0.29) is 0 Å². The van der Waals surface area contributed by atoms with E-state index < -0.39 is 0 Å². The molecule has 0 amide bonds. The van der Waals surface area contributed by atoms with Gasteiger partial charge in [-0.1, -0.05) is 48.5 Å². The van der Waals surface area contributed by atoms with E-state index in [0.717, 1.165) is 64.4 Å². The van der Waals surface area contributed by atoms with Crippen molar-refractivity contribution < 1.29 is 0 Å². The van der Waals surface area contributed by atoms with E-state index in [1.54, 1.807) is 11.3 Å². The van der Waals surface area contributed by atoms with Gasteiger partial charge in [0.1, 0.15) is 6.07 Å². The zero-order chi connectivity index (χ0) is 30.2. The van der Waals surface area contributed by atoms with Crippen LogP contribution in [0.4, 0.5) is 0 Å². The summed E-state index contributed by atoms with van der Waals surface area (Å²) in [5.74, 6) is 0. The minimum atomic E-state index is 0.579. The van der Waals surface area contributed by atoms with Crippen molar-refractivity contribution in [1.29, 1.82) is 15.8 Å². The molecule has 0 radical (unpaired) electrons. The topological polar surface area (TPSA) is 81.2 Å². The molecule has 0 spiro atoms. The van der Waals surface area contributed by atoms with Crippen molar-refractivity contribution >= 4 is 75.1 Å². The molecule has 6 aromatic carbocycles. The van der Waals surface area contributed by atoms with E-state index in [0.29, 0.717) is 16.7 Å². The van der Waals surface area contributed by atoms with Crippen LogP contribution in [0.25, 0.3) is 75.2 Å². The quantitative estimate of drug-likeness (QED) is 0.201. The molecule has 0 aliphatic heterocycles. The molecular formula is C39H19N5S. The highest BCUT2D eigenvalue weighted by Gasteiger charge is 2.20. The summed E-state index contributed by atoms with van der Waals surface area (Å²) in [5.41, 5.74) is 8.00. The molecule has 0 aliphatic rings. The van der Waals surface area contributed by atoms with Crippen LogP contribution in [0.1, 0.15) is 16.7 Å². The van der Waals surface area contributed by atoms with E-state index >= 15 is 0 Å². The van der Waals surface area contributed by atoms with Gasteiger partial charge in [0.25, 0.3) is 0 Å². The monoisotopic (exact) mass is 589 g/mol. The maximum atomic E-state index is 9.87. The van der Waals surface area contributed by atoms with E-state index in [9.17, 15) is 15.8 Å². The van der Waals surface area contributed by atoms with Gasteiger partial charge in [0.15, 0.2) is 0 Å². The van der Waals surface area contributed by atoms with Crippen LogP contribution in [-0.4, -0.2) is 9.13 Å². The van der Waals surface area contributed by atoms with Gasteiger partial charge >= 0.3 is 0 Å². The number of hydrogen-bond donors (Lipinski definition) is 0. The average Bonchev–Trinajstić information content (AvgIpc) is 3.75. The molecule has 45 heavy (non-hydrogen) atoms. The van der Waals surface area contributed by atoms with Crippen LogP contribution < -0.4 is 0 Å². The van der Waals surface area contributed by atoms with Crippen LogP contribution in [0.3, 0.4) is 0 Å². The van der Waals surface area contributed by atoms with Crippen molar-refractivity contribution in [2.75, 3.05) is 0 Å². The van der Waals surface area contributed by atoms with Gasteiger partial charge in [-0.2, -0.15) is 15.8 Å². The molecule has 0 N–H and O–H groups in total. The van der Waals surface area contributed by atoms with Gasteiger partial charge in [-0.05, 0) is 66.7 Å². The Morgan fingerprint density at radius 2 is 1.04 bits per heavy atom. The number of nitriles is 3. The third-order valence-corrected chi connectivity index (χ3v) is 10.1. The molecule has 0 saturated carbocycles. The number of nitrogens with zero attached hydrogens (tertiary/aromatic N) is 5. The van der Waals surface area contributed by atoms with E-state index in [1.165, 1.54) is 10.8 Å². The zero-order valence-corrected chi connectivity index (χ0v) is 24.4. The molecule has 9 rings (SSSR count). The molecule has 3 heterocycles. The Morgan fingerprint density at radius 1 is 0.444 bits per heavy atom. The first-order valence-corrected chi connectivity index (χ1v) is 15.3. The third kappa shape index (κ3) is 3.45. The Bertz CT molecular complexity index is 2790. The molecule has 0 atom stereocenters. The van der Waals surface area contributed by atoms with Gasteiger partial charge in [-0.15, -0.1) is 11.3 Å². The summed E-state index contributed by atoms with van der Waals surface area (Å²) >= 11 is 1.68. The highest BCUT2D eigenvalue weighted by Crippen LogP contribution is 2.44. The molecule has 0 unspecified atom stereocenters. The first kappa shape index (κ1) is 25.1. The van der Waals surface area contributed by atoms with Crippen LogP contribution in [0.15, 0.2) is 115 Å². The summed E-state index contributed by atoms with van der Waals surface area (Å²) in [7, 11) is 0. The minimum absolute atomic E-state index is 0.579. The maximum Gasteiger partial charge on any atom is 0.101 e. The number of hydrogen-bond acceptors (Lipinski definition) is 4. The molecule has 0 bridgehead atoms. The summed E-state index contributed by atoms with van der Waals surface area (Å²) in [6.07, 6.45) is 0. The smallest absolute Gasteiger partial charge is 0.101 e. The van der Waals surface area contributed by atoms with Gasteiger partial charge in [0, 0.05) is 43.7 Å². The Labute approximate surface area is 260 Å². The molecule has 0 fully saturated rings. The standard InChI is InChI=1S/C39H19N5S/c40-20-23-11-15-35-32(17-23)33-18-24(21-41)12-16-36(33)43(35)26-6-4-7-27(19-26)44-34-10-2-1-8-28(34)29-13-14-31-30-9-3-5-25(22-42)38(30)45-39(31)37(29)44/h1-19H. The van der Waals surface area contributed by atoms with Gasteiger partial charge in [0.2, 0.25) is 0 Å². The molecule has 0 saturated heterocycles. The summed E-state index contributed by atoms with van der Waals surface area (Å²) in [6.45, 7) is 0. The minimum Gasteiger partial charge on any atom is -0.309 e. The summed E-state index contributed by atoms with van der Waals surface area (Å²) in [6, 6.07) is 45.7. The van der Waals surface area contributed by atoms with Gasteiger partial charge in [0.05, 0.1) is 60.3 Å². The fraction of sp³-hybridized carbons (Fsp3) is 0. The number of rotatable bonds is 2. The number of para-hydroxylation sites is 1. The van der Waals surface area contributed by atoms with Crippen LogP contribution in [0.5, 0.6) is 0 Å². The third-order valence-electron chi connectivity index (χ3n) is 8.79. The number of benzene rings is 6. The average molecular weight is 590 g/mol. The van der Waals surface area contributed by atoms with E-state index in [2.05, 4.69) is 94.1 Å². The lowest BCUT2D eigenvalue weighted by atomic mass is 10.1. The highest BCUT2D eigenvalue weighted by molar-refractivity contribution is 7.27. The molecular weight excluding hydrogens is 571 g/mol. The molecule has 5 nitrogen and oxygen atoms in total. The molecule has 9 aromatic rings.